The molecule has 2 atom stereocenters. The summed E-state index contributed by atoms with van der Waals surface area (Å²) in [7, 11) is 0. The molecule has 5 nitrogen and oxygen atoms in total. The van der Waals surface area contributed by atoms with Crippen LogP contribution in [0.2, 0.25) is 5.02 Å². The molecule has 1 aliphatic heterocycles. The SMILES string of the molecule is CC[C@@H](C)N=C1NC(=O)[C@@H](CC(=O)NCc2ccc(Cl)cc2)S1. The van der Waals surface area contributed by atoms with Gasteiger partial charge in [0.05, 0.1) is 0 Å². The molecule has 1 heterocycles. The number of thioether (sulfide) groups is 1. The fourth-order valence-corrected chi connectivity index (χ4v) is 3.13. The molecule has 2 amide bonds. The minimum absolute atomic E-state index is 0.142. The van der Waals surface area contributed by atoms with Gasteiger partial charge >= 0.3 is 0 Å². The number of nitrogens with zero attached hydrogens (tertiary/aromatic N) is 1. The van der Waals surface area contributed by atoms with Crippen LogP contribution in [0.15, 0.2) is 29.3 Å². The molecule has 0 unspecified atom stereocenters. The summed E-state index contributed by atoms with van der Waals surface area (Å²) in [6, 6.07) is 7.44. The second kappa shape index (κ2) is 8.36. The van der Waals surface area contributed by atoms with Crippen molar-refractivity contribution in [2.24, 2.45) is 4.99 Å². The summed E-state index contributed by atoms with van der Waals surface area (Å²) < 4.78 is 0. The molecule has 2 N–H and O–H groups in total. The molecule has 23 heavy (non-hydrogen) atoms. The van der Waals surface area contributed by atoms with Gasteiger partial charge < -0.3 is 10.6 Å². The van der Waals surface area contributed by atoms with Crippen molar-refractivity contribution in [3.05, 3.63) is 34.9 Å². The monoisotopic (exact) mass is 353 g/mol. The Morgan fingerprint density at radius 2 is 2.13 bits per heavy atom. The molecule has 1 fully saturated rings. The first-order chi connectivity index (χ1) is 11.0. The Balaban J connectivity index is 1.82. The van der Waals surface area contributed by atoms with Gasteiger partial charge in [-0.25, -0.2) is 0 Å². The normalized spacial score (nSPS) is 20.4. The highest BCUT2D eigenvalue weighted by Gasteiger charge is 2.32. The Hall–Kier alpha value is -1.53. The van der Waals surface area contributed by atoms with E-state index in [9.17, 15) is 9.59 Å². The Morgan fingerprint density at radius 3 is 2.78 bits per heavy atom. The quantitative estimate of drug-likeness (QED) is 0.826. The van der Waals surface area contributed by atoms with Gasteiger partial charge in [0, 0.05) is 24.0 Å². The number of benzene rings is 1. The maximum atomic E-state index is 12.0. The lowest BCUT2D eigenvalue weighted by molar-refractivity contribution is -0.125. The summed E-state index contributed by atoms with van der Waals surface area (Å²) in [6.45, 7) is 4.45. The smallest absolute Gasteiger partial charge is 0.240 e. The van der Waals surface area contributed by atoms with E-state index in [4.69, 9.17) is 11.6 Å². The molecule has 7 heteroatoms. The van der Waals surface area contributed by atoms with E-state index in [0.29, 0.717) is 16.7 Å². The third-order valence-corrected chi connectivity index (χ3v) is 4.83. The highest BCUT2D eigenvalue weighted by atomic mass is 35.5. The first-order valence-corrected chi connectivity index (χ1v) is 8.80. The number of hydrogen-bond donors (Lipinski definition) is 2. The lowest BCUT2D eigenvalue weighted by Crippen LogP contribution is -2.31. The summed E-state index contributed by atoms with van der Waals surface area (Å²) in [5.41, 5.74) is 0.963. The van der Waals surface area contributed by atoms with Crippen LogP contribution >= 0.6 is 23.4 Å². The first kappa shape index (κ1) is 17.8. The largest absolute Gasteiger partial charge is 0.352 e. The molecule has 1 aliphatic rings. The Bertz CT molecular complexity index is 604. The van der Waals surface area contributed by atoms with Gasteiger partial charge in [-0.2, -0.15) is 0 Å². The Labute approximate surface area is 145 Å². The van der Waals surface area contributed by atoms with Gasteiger partial charge in [-0.15, -0.1) is 0 Å². The van der Waals surface area contributed by atoms with Crippen molar-refractivity contribution in [3.8, 4) is 0 Å². The van der Waals surface area contributed by atoms with Gasteiger partial charge in [0.1, 0.15) is 5.25 Å². The standard InChI is InChI=1S/C16H20ClN3O2S/c1-3-10(2)19-16-20-15(22)13(23-16)8-14(21)18-9-11-4-6-12(17)7-5-11/h4-7,10,13H,3,8-9H2,1-2H3,(H,18,21)(H,19,20,22)/t10-,13-/m1/s1. The van der Waals surface area contributed by atoms with Gasteiger partial charge in [0.2, 0.25) is 11.8 Å². The van der Waals surface area contributed by atoms with Crippen molar-refractivity contribution < 1.29 is 9.59 Å². The van der Waals surface area contributed by atoms with Crippen molar-refractivity contribution in [2.45, 2.75) is 44.5 Å². The van der Waals surface area contributed by atoms with Crippen molar-refractivity contribution in [2.75, 3.05) is 0 Å². The number of amides is 2. The molecular weight excluding hydrogens is 334 g/mol. The molecule has 1 saturated heterocycles. The lowest BCUT2D eigenvalue weighted by Gasteiger charge is -2.07. The highest BCUT2D eigenvalue weighted by molar-refractivity contribution is 8.15. The predicted molar refractivity (Wildman–Crippen MR) is 94.6 cm³/mol. The number of carbonyl (C=O) groups excluding carboxylic acids is 2. The van der Waals surface area contributed by atoms with Crippen LogP contribution in [0, 0.1) is 0 Å². The molecule has 2 rings (SSSR count). The minimum Gasteiger partial charge on any atom is -0.352 e. The second-order valence-corrected chi connectivity index (χ2v) is 7.02. The molecule has 0 spiro atoms. The van der Waals surface area contributed by atoms with Crippen LogP contribution in [0.1, 0.15) is 32.3 Å². The summed E-state index contributed by atoms with van der Waals surface area (Å²) >= 11 is 7.14. The zero-order chi connectivity index (χ0) is 16.8. The number of amidine groups is 1. The average molecular weight is 354 g/mol. The Kier molecular flexibility index (Phi) is 6.47. The number of carbonyl (C=O) groups is 2. The molecule has 0 saturated carbocycles. The molecule has 1 aromatic rings. The van der Waals surface area contributed by atoms with E-state index >= 15 is 0 Å². The second-order valence-electron chi connectivity index (χ2n) is 5.39. The molecule has 0 aromatic heterocycles. The summed E-state index contributed by atoms with van der Waals surface area (Å²) in [6.07, 6.45) is 1.05. The van der Waals surface area contributed by atoms with E-state index in [0.717, 1.165) is 12.0 Å². The fraction of sp³-hybridized carbons (Fsp3) is 0.438. The van der Waals surface area contributed by atoms with Crippen LogP contribution in [-0.2, 0) is 16.1 Å². The van der Waals surface area contributed by atoms with Crippen LogP contribution in [0.4, 0.5) is 0 Å². The molecular formula is C16H20ClN3O2S. The number of aliphatic imine (C=N–C) groups is 1. The lowest BCUT2D eigenvalue weighted by atomic mass is 10.2. The third-order valence-electron chi connectivity index (χ3n) is 3.48. The van der Waals surface area contributed by atoms with Crippen molar-refractivity contribution in [3.63, 3.8) is 0 Å². The van der Waals surface area contributed by atoms with Gasteiger partial charge in [0.15, 0.2) is 5.17 Å². The zero-order valence-electron chi connectivity index (χ0n) is 13.1. The number of halogens is 1. The maximum Gasteiger partial charge on any atom is 0.240 e. The Morgan fingerprint density at radius 1 is 1.43 bits per heavy atom. The van der Waals surface area contributed by atoms with Crippen LogP contribution in [-0.4, -0.2) is 28.3 Å². The average Bonchev–Trinajstić information content (AvgIpc) is 2.86. The van der Waals surface area contributed by atoms with E-state index in [1.165, 1.54) is 11.8 Å². The van der Waals surface area contributed by atoms with E-state index < -0.39 is 5.25 Å². The van der Waals surface area contributed by atoms with E-state index in [2.05, 4.69) is 15.6 Å². The predicted octanol–water partition coefficient (Wildman–Crippen LogP) is 2.73. The number of hydrogen-bond acceptors (Lipinski definition) is 4. The van der Waals surface area contributed by atoms with E-state index in [1.807, 2.05) is 26.0 Å². The maximum absolute atomic E-state index is 12.0. The van der Waals surface area contributed by atoms with E-state index in [1.54, 1.807) is 12.1 Å². The van der Waals surface area contributed by atoms with Crippen LogP contribution in [0.5, 0.6) is 0 Å². The minimum atomic E-state index is -0.414. The molecule has 1 aromatic carbocycles. The molecule has 124 valence electrons. The summed E-state index contributed by atoms with van der Waals surface area (Å²) in [5, 5.41) is 6.41. The zero-order valence-corrected chi connectivity index (χ0v) is 14.7. The van der Waals surface area contributed by atoms with Crippen LogP contribution in [0.25, 0.3) is 0 Å². The van der Waals surface area contributed by atoms with Gasteiger partial charge in [-0.3, -0.25) is 14.6 Å². The van der Waals surface area contributed by atoms with Gasteiger partial charge in [-0.1, -0.05) is 42.4 Å². The first-order valence-electron chi connectivity index (χ1n) is 7.54. The van der Waals surface area contributed by atoms with Crippen molar-refractivity contribution >= 4 is 40.3 Å². The summed E-state index contributed by atoms with van der Waals surface area (Å²) in [5.74, 6) is -0.309. The molecule has 0 radical (unpaired) electrons. The van der Waals surface area contributed by atoms with Gasteiger partial charge in [0.25, 0.3) is 0 Å². The third kappa shape index (κ3) is 5.55. The number of nitrogens with one attached hydrogen (secondary N) is 2. The van der Waals surface area contributed by atoms with E-state index in [-0.39, 0.29) is 24.3 Å². The van der Waals surface area contributed by atoms with Crippen molar-refractivity contribution in [1.82, 2.24) is 10.6 Å². The van der Waals surface area contributed by atoms with Crippen molar-refractivity contribution in [1.29, 1.82) is 0 Å². The van der Waals surface area contributed by atoms with Gasteiger partial charge in [-0.05, 0) is 31.0 Å². The van der Waals surface area contributed by atoms with Crippen LogP contribution < -0.4 is 10.6 Å². The molecule has 0 bridgehead atoms. The number of rotatable bonds is 6. The highest BCUT2D eigenvalue weighted by Crippen LogP contribution is 2.23. The topological polar surface area (TPSA) is 70.6 Å². The van der Waals surface area contributed by atoms with Crippen LogP contribution in [0.3, 0.4) is 0 Å². The molecule has 0 aliphatic carbocycles. The fourth-order valence-electron chi connectivity index (χ4n) is 1.94. The summed E-state index contributed by atoms with van der Waals surface area (Å²) in [4.78, 5) is 28.3.